The van der Waals surface area contributed by atoms with Gasteiger partial charge in [-0.3, -0.25) is 14.5 Å². The van der Waals surface area contributed by atoms with Crippen LogP contribution in [0.25, 0.3) is 0 Å². The zero-order valence-corrected chi connectivity index (χ0v) is 22.1. The van der Waals surface area contributed by atoms with Crippen LogP contribution >= 0.6 is 0 Å². The van der Waals surface area contributed by atoms with E-state index < -0.39 is 35.9 Å². The van der Waals surface area contributed by atoms with E-state index in [1.807, 2.05) is 24.3 Å². The van der Waals surface area contributed by atoms with Gasteiger partial charge in [-0.05, 0) is 69.6 Å². The quantitative estimate of drug-likeness (QED) is 0.516. The Kier molecular flexibility index (Phi) is 8.58. The van der Waals surface area contributed by atoms with Crippen LogP contribution in [0.3, 0.4) is 0 Å². The molecule has 0 aromatic heterocycles. The minimum Gasteiger partial charge on any atom is -0.444 e. The maximum Gasteiger partial charge on any atom is 0.411 e. The molecule has 0 unspecified atom stereocenters. The number of carbonyl (C=O) groups is 3. The molecule has 202 valence electrons. The van der Waals surface area contributed by atoms with Crippen LogP contribution in [0.2, 0.25) is 0 Å². The molecule has 2 heterocycles. The zero-order chi connectivity index (χ0) is 27.3. The third-order valence-electron chi connectivity index (χ3n) is 6.52. The molecule has 3 aliphatic rings. The molecule has 38 heavy (non-hydrogen) atoms. The van der Waals surface area contributed by atoms with Crippen molar-refractivity contribution in [1.29, 1.82) is 0 Å². The number of benzene rings is 1. The normalized spacial score (nSPS) is 24.5. The van der Waals surface area contributed by atoms with Gasteiger partial charge >= 0.3 is 6.09 Å². The molecule has 3 amide bonds. The average molecular weight is 523 g/mol. The number of carbonyl (C=O) groups excluding carboxylic acids is 3. The fourth-order valence-corrected chi connectivity index (χ4v) is 4.39. The van der Waals surface area contributed by atoms with Gasteiger partial charge in [-0.25, -0.2) is 9.18 Å². The molecule has 2 aliphatic heterocycles. The maximum atomic E-state index is 14.1. The molecule has 1 aromatic rings. The second-order valence-corrected chi connectivity index (χ2v) is 11.1. The van der Waals surface area contributed by atoms with Gasteiger partial charge in [0.05, 0.1) is 12.6 Å². The average Bonchev–Trinajstić information content (AvgIpc) is 3.42. The van der Waals surface area contributed by atoms with Crippen LogP contribution < -0.4 is 16.0 Å². The zero-order valence-electron chi connectivity index (χ0n) is 22.1. The summed E-state index contributed by atoms with van der Waals surface area (Å²) in [5, 5.41) is 8.91. The standard InChI is InChI=1S/C29H35FN4O4/c1-29(2,3)38-28(37)34-18-22(30)14-25(34)27(36)33-23-15-24(31-17-23)26(35)32-16-21-12-10-20(11-13-21)7-5-4-6-19-8-9-19/h10-13,19,22-25,31H,8-9,14-18H2,1-3H3,(H,32,35)(H,33,36)/t22-,23+,24+,25-/m0/s1. The second kappa shape index (κ2) is 11.9. The SMILES string of the molecule is CC(C)(C)OC(=O)N1C[C@@H](F)C[C@H]1C(=O)N[C@H]1CN[C@@H](C(=O)NCc2ccc(C#CC#CC3CC3)cc2)C1. The van der Waals surface area contributed by atoms with Crippen molar-refractivity contribution >= 4 is 17.9 Å². The van der Waals surface area contributed by atoms with Gasteiger partial charge in [-0.2, -0.15) is 0 Å². The molecule has 1 aliphatic carbocycles. The van der Waals surface area contributed by atoms with E-state index in [4.69, 9.17) is 4.74 Å². The number of alkyl halides is 1. The minimum atomic E-state index is -1.29. The molecule has 2 saturated heterocycles. The molecular formula is C29H35FN4O4. The number of ether oxygens (including phenoxy) is 1. The highest BCUT2D eigenvalue weighted by molar-refractivity contribution is 5.87. The van der Waals surface area contributed by atoms with Crippen LogP contribution in [0.15, 0.2) is 24.3 Å². The van der Waals surface area contributed by atoms with E-state index in [0.29, 0.717) is 25.4 Å². The first-order valence-corrected chi connectivity index (χ1v) is 13.1. The van der Waals surface area contributed by atoms with Crippen molar-refractivity contribution in [2.45, 2.75) is 82.9 Å². The maximum absolute atomic E-state index is 14.1. The van der Waals surface area contributed by atoms with Gasteiger partial charge in [-0.1, -0.05) is 24.0 Å². The first kappa shape index (κ1) is 27.5. The summed E-state index contributed by atoms with van der Waals surface area (Å²) in [5.74, 6) is 11.8. The summed E-state index contributed by atoms with van der Waals surface area (Å²) >= 11 is 0. The van der Waals surface area contributed by atoms with Crippen molar-refractivity contribution < 1.29 is 23.5 Å². The number of rotatable bonds is 5. The molecule has 0 spiro atoms. The van der Waals surface area contributed by atoms with Crippen LogP contribution in [-0.2, 0) is 20.9 Å². The first-order chi connectivity index (χ1) is 18.1. The van der Waals surface area contributed by atoms with Gasteiger partial charge in [0.1, 0.15) is 17.8 Å². The monoisotopic (exact) mass is 522 g/mol. The summed E-state index contributed by atoms with van der Waals surface area (Å²) in [7, 11) is 0. The molecule has 1 saturated carbocycles. The van der Waals surface area contributed by atoms with Gasteiger partial charge < -0.3 is 20.7 Å². The Morgan fingerprint density at radius 1 is 1.11 bits per heavy atom. The molecule has 3 N–H and O–H groups in total. The summed E-state index contributed by atoms with van der Waals surface area (Å²) < 4.78 is 19.4. The molecule has 0 radical (unpaired) electrons. The second-order valence-electron chi connectivity index (χ2n) is 11.1. The summed E-state index contributed by atoms with van der Waals surface area (Å²) in [6.07, 6.45) is 0.676. The van der Waals surface area contributed by atoms with Crippen molar-refractivity contribution in [3.8, 4) is 23.7 Å². The molecule has 4 atom stereocenters. The number of nitrogens with one attached hydrogen (secondary N) is 3. The molecule has 4 rings (SSSR count). The highest BCUT2D eigenvalue weighted by Gasteiger charge is 2.43. The van der Waals surface area contributed by atoms with E-state index in [2.05, 4.69) is 39.6 Å². The number of likely N-dealkylation sites (tertiary alicyclic amines) is 1. The Hall–Kier alpha value is -3.56. The summed E-state index contributed by atoms with van der Waals surface area (Å²) in [4.78, 5) is 39.2. The van der Waals surface area contributed by atoms with Crippen molar-refractivity contribution in [2.75, 3.05) is 13.1 Å². The molecular weight excluding hydrogens is 487 g/mol. The lowest BCUT2D eigenvalue weighted by molar-refractivity contribution is -0.126. The predicted molar refractivity (Wildman–Crippen MR) is 140 cm³/mol. The lowest BCUT2D eigenvalue weighted by Crippen LogP contribution is -2.50. The molecule has 3 fully saturated rings. The number of hydrogen-bond donors (Lipinski definition) is 3. The molecule has 9 heteroatoms. The number of nitrogens with zero attached hydrogens (tertiary/aromatic N) is 1. The van der Waals surface area contributed by atoms with Gasteiger partial charge in [0.15, 0.2) is 0 Å². The van der Waals surface area contributed by atoms with Crippen LogP contribution in [0, 0.1) is 29.6 Å². The lowest BCUT2D eigenvalue weighted by atomic mass is 10.1. The Morgan fingerprint density at radius 2 is 1.84 bits per heavy atom. The van der Waals surface area contributed by atoms with Gasteiger partial charge in [0, 0.05) is 37.0 Å². The lowest BCUT2D eigenvalue weighted by Gasteiger charge is -2.28. The molecule has 0 bridgehead atoms. The topological polar surface area (TPSA) is 99.8 Å². The summed E-state index contributed by atoms with van der Waals surface area (Å²) in [6, 6.07) is 5.93. The molecule has 8 nitrogen and oxygen atoms in total. The fourth-order valence-electron chi connectivity index (χ4n) is 4.39. The highest BCUT2D eigenvalue weighted by atomic mass is 19.1. The van der Waals surface area contributed by atoms with Crippen LogP contribution in [-0.4, -0.2) is 65.8 Å². The first-order valence-electron chi connectivity index (χ1n) is 13.1. The summed E-state index contributed by atoms with van der Waals surface area (Å²) in [5.41, 5.74) is 1.07. The largest absolute Gasteiger partial charge is 0.444 e. The van der Waals surface area contributed by atoms with E-state index in [9.17, 15) is 18.8 Å². The van der Waals surface area contributed by atoms with E-state index in [0.717, 1.165) is 16.0 Å². The predicted octanol–water partition coefficient (Wildman–Crippen LogP) is 2.26. The minimum absolute atomic E-state index is 0.0760. The fraction of sp³-hybridized carbons (Fsp3) is 0.552. The Labute approximate surface area is 223 Å². The highest BCUT2D eigenvalue weighted by Crippen LogP contribution is 2.27. The Bertz CT molecular complexity index is 1170. The Balaban J connectivity index is 1.22. The van der Waals surface area contributed by atoms with Crippen LogP contribution in [0.5, 0.6) is 0 Å². The van der Waals surface area contributed by atoms with E-state index >= 15 is 0 Å². The third-order valence-corrected chi connectivity index (χ3v) is 6.52. The van der Waals surface area contributed by atoms with Crippen LogP contribution in [0.4, 0.5) is 9.18 Å². The van der Waals surface area contributed by atoms with Gasteiger partial charge in [-0.15, -0.1) is 0 Å². The van der Waals surface area contributed by atoms with Crippen LogP contribution in [0.1, 0.15) is 57.6 Å². The van der Waals surface area contributed by atoms with E-state index in [1.54, 1.807) is 20.8 Å². The van der Waals surface area contributed by atoms with E-state index in [1.165, 1.54) is 12.8 Å². The van der Waals surface area contributed by atoms with Gasteiger partial charge in [0.25, 0.3) is 0 Å². The number of hydrogen-bond acceptors (Lipinski definition) is 5. The van der Waals surface area contributed by atoms with E-state index in [-0.39, 0.29) is 24.9 Å². The third kappa shape index (κ3) is 7.97. The molecule has 1 aromatic carbocycles. The number of halogens is 1. The van der Waals surface area contributed by atoms with Crippen molar-refractivity contribution in [3.05, 3.63) is 35.4 Å². The van der Waals surface area contributed by atoms with Crippen molar-refractivity contribution in [2.24, 2.45) is 5.92 Å². The van der Waals surface area contributed by atoms with Gasteiger partial charge in [0.2, 0.25) is 11.8 Å². The van der Waals surface area contributed by atoms with Crippen molar-refractivity contribution in [1.82, 2.24) is 20.9 Å². The Morgan fingerprint density at radius 3 is 2.53 bits per heavy atom. The smallest absolute Gasteiger partial charge is 0.411 e. The summed E-state index contributed by atoms with van der Waals surface area (Å²) in [6.45, 7) is 5.75. The number of amides is 3. The van der Waals surface area contributed by atoms with Crippen molar-refractivity contribution in [3.63, 3.8) is 0 Å².